The van der Waals surface area contributed by atoms with E-state index in [0.717, 1.165) is 62.6 Å². The monoisotopic (exact) mass is 398 g/mol. The van der Waals surface area contributed by atoms with E-state index in [4.69, 9.17) is 9.47 Å². The number of carbonyl (C=O) groups excluding carboxylic acids is 1. The Morgan fingerprint density at radius 1 is 1.25 bits per heavy atom. The summed E-state index contributed by atoms with van der Waals surface area (Å²) < 4.78 is 12.3. The molecular formula is C22H26N2O3S. The Morgan fingerprint density at radius 2 is 2.07 bits per heavy atom. The summed E-state index contributed by atoms with van der Waals surface area (Å²) in [5.41, 5.74) is 1.14. The predicted molar refractivity (Wildman–Crippen MR) is 109 cm³/mol. The van der Waals surface area contributed by atoms with Crippen LogP contribution in [0.25, 0.3) is 0 Å². The molecule has 2 fully saturated rings. The van der Waals surface area contributed by atoms with E-state index in [1.54, 1.807) is 11.3 Å². The predicted octanol–water partition coefficient (Wildman–Crippen LogP) is 3.19. The number of fused-ring (bicyclic) bond motifs is 2. The molecule has 2 saturated heterocycles. The van der Waals surface area contributed by atoms with Crippen molar-refractivity contribution in [1.82, 2.24) is 10.2 Å². The van der Waals surface area contributed by atoms with Crippen LogP contribution in [0.2, 0.25) is 0 Å². The lowest BCUT2D eigenvalue weighted by molar-refractivity contribution is -0.0771. The standard InChI is InChI=1S/C22H26N2O3S/c25-21(24-12-6-18(15-24)27-17-4-2-1-3-5-17)19-14-16-7-13-26-22(20(16)28-19)8-10-23-11-9-22/h1-5,14,18,23H,6-13,15H2/t18-/m1/s1. The molecule has 28 heavy (non-hydrogen) atoms. The largest absolute Gasteiger partial charge is 0.489 e. The van der Waals surface area contributed by atoms with Crippen LogP contribution in [-0.2, 0) is 16.8 Å². The number of carbonyl (C=O) groups is 1. The van der Waals surface area contributed by atoms with Gasteiger partial charge in [0.2, 0.25) is 0 Å². The van der Waals surface area contributed by atoms with E-state index in [0.29, 0.717) is 6.54 Å². The van der Waals surface area contributed by atoms with Crippen LogP contribution in [0.15, 0.2) is 36.4 Å². The molecular weight excluding hydrogens is 372 g/mol. The molecule has 3 aliphatic rings. The molecule has 148 valence electrons. The first-order chi connectivity index (χ1) is 13.7. The molecule has 2 aromatic rings. The van der Waals surface area contributed by atoms with E-state index < -0.39 is 0 Å². The summed E-state index contributed by atoms with van der Waals surface area (Å²) >= 11 is 1.66. The van der Waals surface area contributed by atoms with Crippen LogP contribution in [0.1, 0.15) is 39.4 Å². The highest BCUT2D eigenvalue weighted by atomic mass is 32.1. The Labute approximate surface area is 169 Å². The van der Waals surface area contributed by atoms with Crippen LogP contribution < -0.4 is 10.1 Å². The number of hydrogen-bond donors (Lipinski definition) is 1. The molecule has 3 aliphatic heterocycles. The van der Waals surface area contributed by atoms with Gasteiger partial charge < -0.3 is 19.7 Å². The molecule has 0 radical (unpaired) electrons. The van der Waals surface area contributed by atoms with Gasteiger partial charge in [0.05, 0.1) is 18.0 Å². The number of ether oxygens (including phenoxy) is 2. The molecule has 1 amide bonds. The minimum Gasteiger partial charge on any atom is -0.489 e. The number of benzene rings is 1. The first-order valence-corrected chi connectivity index (χ1v) is 11.0. The van der Waals surface area contributed by atoms with Crippen LogP contribution in [0.3, 0.4) is 0 Å². The van der Waals surface area contributed by atoms with Crippen molar-refractivity contribution in [2.45, 2.75) is 37.4 Å². The molecule has 4 heterocycles. The van der Waals surface area contributed by atoms with Gasteiger partial charge in [0, 0.05) is 17.8 Å². The highest BCUT2D eigenvalue weighted by molar-refractivity contribution is 7.14. The van der Waals surface area contributed by atoms with E-state index >= 15 is 0 Å². The first-order valence-electron chi connectivity index (χ1n) is 10.2. The van der Waals surface area contributed by atoms with E-state index in [2.05, 4.69) is 11.4 Å². The molecule has 1 spiro atoms. The Hall–Kier alpha value is -1.89. The van der Waals surface area contributed by atoms with Crippen LogP contribution in [0, 0.1) is 0 Å². The molecule has 0 saturated carbocycles. The van der Waals surface area contributed by atoms with Gasteiger partial charge in [-0.1, -0.05) is 18.2 Å². The molecule has 1 N–H and O–H groups in total. The van der Waals surface area contributed by atoms with E-state index in [9.17, 15) is 4.79 Å². The molecule has 1 aromatic carbocycles. The number of para-hydroxylation sites is 1. The van der Waals surface area contributed by atoms with Gasteiger partial charge in [-0.05, 0) is 56.1 Å². The summed E-state index contributed by atoms with van der Waals surface area (Å²) in [7, 11) is 0. The minimum absolute atomic E-state index is 0.0695. The smallest absolute Gasteiger partial charge is 0.264 e. The number of rotatable bonds is 3. The van der Waals surface area contributed by atoms with Crippen molar-refractivity contribution in [3.8, 4) is 5.75 Å². The Morgan fingerprint density at radius 3 is 2.89 bits per heavy atom. The van der Waals surface area contributed by atoms with Crippen LogP contribution in [0.4, 0.5) is 0 Å². The lowest BCUT2D eigenvalue weighted by atomic mass is 9.86. The van der Waals surface area contributed by atoms with Gasteiger partial charge in [-0.15, -0.1) is 11.3 Å². The number of piperidine rings is 1. The van der Waals surface area contributed by atoms with Gasteiger partial charge in [0.25, 0.3) is 5.91 Å². The zero-order valence-electron chi connectivity index (χ0n) is 16.0. The second-order valence-corrected chi connectivity index (χ2v) is 8.95. The SMILES string of the molecule is O=C(c1cc2c(s1)C1(CCNCC1)OCC2)N1CC[C@@H](Oc2ccccc2)C1. The summed E-state index contributed by atoms with van der Waals surface area (Å²) in [6.45, 7) is 4.12. The Bertz CT molecular complexity index is 845. The van der Waals surface area contributed by atoms with Gasteiger partial charge in [-0.2, -0.15) is 0 Å². The number of likely N-dealkylation sites (tertiary alicyclic amines) is 1. The third-order valence-corrected chi connectivity index (χ3v) is 7.42. The van der Waals surface area contributed by atoms with E-state index in [1.165, 1.54) is 10.4 Å². The van der Waals surface area contributed by atoms with Crippen molar-refractivity contribution in [1.29, 1.82) is 0 Å². The van der Waals surface area contributed by atoms with E-state index in [1.807, 2.05) is 35.2 Å². The molecule has 5 nitrogen and oxygen atoms in total. The van der Waals surface area contributed by atoms with Crippen molar-refractivity contribution in [2.24, 2.45) is 0 Å². The average Bonchev–Trinajstić information content (AvgIpc) is 3.37. The summed E-state index contributed by atoms with van der Waals surface area (Å²) in [6, 6.07) is 12.0. The van der Waals surface area contributed by atoms with Crippen molar-refractivity contribution < 1.29 is 14.3 Å². The number of nitrogens with one attached hydrogen (secondary N) is 1. The molecule has 1 atom stereocenters. The van der Waals surface area contributed by atoms with Crippen molar-refractivity contribution in [3.63, 3.8) is 0 Å². The molecule has 0 bridgehead atoms. The van der Waals surface area contributed by atoms with Crippen molar-refractivity contribution >= 4 is 17.2 Å². The average molecular weight is 399 g/mol. The normalized spacial score (nSPS) is 23.6. The second kappa shape index (κ2) is 7.50. The second-order valence-electron chi connectivity index (χ2n) is 7.90. The van der Waals surface area contributed by atoms with E-state index in [-0.39, 0.29) is 17.6 Å². The van der Waals surface area contributed by atoms with Crippen molar-refractivity contribution in [2.75, 3.05) is 32.8 Å². The number of hydrogen-bond acceptors (Lipinski definition) is 5. The zero-order chi connectivity index (χ0) is 19.0. The maximum atomic E-state index is 13.2. The van der Waals surface area contributed by atoms with Gasteiger partial charge >= 0.3 is 0 Å². The highest BCUT2D eigenvalue weighted by Crippen LogP contribution is 2.44. The van der Waals surface area contributed by atoms with Gasteiger partial charge in [-0.3, -0.25) is 4.79 Å². The molecule has 5 rings (SSSR count). The zero-order valence-corrected chi connectivity index (χ0v) is 16.8. The Balaban J connectivity index is 1.30. The number of thiophene rings is 1. The molecule has 0 aliphatic carbocycles. The fourth-order valence-electron chi connectivity index (χ4n) is 4.59. The molecule has 6 heteroatoms. The third kappa shape index (κ3) is 3.34. The van der Waals surface area contributed by atoms with Crippen LogP contribution >= 0.6 is 11.3 Å². The van der Waals surface area contributed by atoms with Gasteiger partial charge in [0.15, 0.2) is 0 Å². The van der Waals surface area contributed by atoms with Crippen molar-refractivity contribution in [3.05, 3.63) is 51.7 Å². The third-order valence-electron chi connectivity index (χ3n) is 6.07. The minimum atomic E-state index is -0.175. The maximum Gasteiger partial charge on any atom is 0.264 e. The Kier molecular flexibility index (Phi) is 4.87. The quantitative estimate of drug-likeness (QED) is 0.863. The number of amides is 1. The van der Waals surface area contributed by atoms with Crippen LogP contribution in [-0.4, -0.2) is 49.7 Å². The lowest BCUT2D eigenvalue weighted by Gasteiger charge is -2.40. The summed E-state index contributed by atoms with van der Waals surface area (Å²) in [4.78, 5) is 17.3. The fraction of sp³-hybridized carbons (Fsp3) is 0.500. The highest BCUT2D eigenvalue weighted by Gasteiger charge is 2.41. The lowest BCUT2D eigenvalue weighted by Crippen LogP contribution is -2.43. The summed E-state index contributed by atoms with van der Waals surface area (Å²) in [5.74, 6) is 1.01. The topological polar surface area (TPSA) is 50.8 Å². The molecule has 1 aromatic heterocycles. The molecule has 0 unspecified atom stereocenters. The number of nitrogens with zero attached hydrogens (tertiary/aromatic N) is 1. The summed E-state index contributed by atoms with van der Waals surface area (Å²) in [5, 5.41) is 3.42. The summed E-state index contributed by atoms with van der Waals surface area (Å²) in [6.07, 6.45) is 3.84. The van der Waals surface area contributed by atoms with Gasteiger partial charge in [0.1, 0.15) is 17.5 Å². The maximum absolute atomic E-state index is 13.2. The fourth-order valence-corrected chi connectivity index (χ4v) is 5.96. The first kappa shape index (κ1) is 18.2. The van der Waals surface area contributed by atoms with Gasteiger partial charge in [-0.25, -0.2) is 0 Å². The van der Waals surface area contributed by atoms with Crippen LogP contribution in [0.5, 0.6) is 5.75 Å².